The highest BCUT2D eigenvalue weighted by atomic mass is 16.5. The third-order valence-electron chi connectivity index (χ3n) is 4.37. The molecule has 1 aliphatic heterocycles. The van der Waals surface area contributed by atoms with E-state index in [0.29, 0.717) is 18.9 Å². The van der Waals surface area contributed by atoms with E-state index >= 15 is 0 Å². The number of ether oxygens (including phenoxy) is 3. The fraction of sp³-hybridized carbons (Fsp3) is 0.409. The molecule has 0 bridgehead atoms. The minimum absolute atomic E-state index is 0.137. The number of hydrogen-bond acceptors (Lipinski definition) is 5. The molecule has 0 spiro atoms. The fourth-order valence-electron chi connectivity index (χ4n) is 2.96. The van der Waals surface area contributed by atoms with Crippen molar-refractivity contribution in [2.75, 3.05) is 37.0 Å². The Morgan fingerprint density at radius 2 is 2.07 bits per heavy atom. The van der Waals surface area contributed by atoms with Crippen LogP contribution in [0.1, 0.15) is 26.2 Å². The largest absolute Gasteiger partial charge is 0.494 e. The fourth-order valence-corrected chi connectivity index (χ4v) is 2.96. The number of hydrogen-bond donors (Lipinski definition) is 2. The maximum Gasteiger partial charge on any atom is 0.243 e. The van der Waals surface area contributed by atoms with Crippen molar-refractivity contribution in [3.8, 4) is 11.5 Å². The summed E-state index contributed by atoms with van der Waals surface area (Å²) in [5.74, 6) is 1.34. The lowest BCUT2D eigenvalue weighted by atomic mass is 10.2. The molecule has 0 aliphatic carbocycles. The van der Waals surface area contributed by atoms with Crippen LogP contribution >= 0.6 is 0 Å². The summed E-state index contributed by atoms with van der Waals surface area (Å²) in [6.07, 6.45) is 3.20. The van der Waals surface area contributed by atoms with Crippen molar-refractivity contribution < 1.29 is 19.0 Å². The van der Waals surface area contributed by atoms with Gasteiger partial charge < -0.3 is 24.8 Å². The average Bonchev–Trinajstić information content (AvgIpc) is 3.24. The van der Waals surface area contributed by atoms with Crippen molar-refractivity contribution in [1.29, 1.82) is 0 Å². The van der Waals surface area contributed by atoms with Gasteiger partial charge in [-0.05, 0) is 43.5 Å². The summed E-state index contributed by atoms with van der Waals surface area (Å²) in [6, 6.07) is 15.0. The zero-order chi connectivity index (χ0) is 19.6. The van der Waals surface area contributed by atoms with Gasteiger partial charge >= 0.3 is 0 Å². The van der Waals surface area contributed by atoms with Crippen LogP contribution in [0.15, 0.2) is 48.5 Å². The molecule has 1 heterocycles. The van der Waals surface area contributed by atoms with Gasteiger partial charge in [-0.25, -0.2) is 0 Å². The topological polar surface area (TPSA) is 68.8 Å². The van der Waals surface area contributed by atoms with Crippen molar-refractivity contribution in [1.82, 2.24) is 0 Å². The van der Waals surface area contributed by atoms with Gasteiger partial charge in [0.2, 0.25) is 5.91 Å². The number of nitrogens with one attached hydrogen (secondary N) is 2. The van der Waals surface area contributed by atoms with Crippen LogP contribution in [0.25, 0.3) is 0 Å². The Balaban J connectivity index is 1.50. The highest BCUT2D eigenvalue weighted by molar-refractivity contribution is 5.94. The van der Waals surface area contributed by atoms with E-state index in [1.807, 2.05) is 48.5 Å². The number of carbonyl (C=O) groups excluding carboxylic acids is 1. The SMILES string of the molecule is CCCOc1cccc(NC(=O)CNc2ccccc2OCC2CCCO2)c1. The van der Waals surface area contributed by atoms with E-state index in [1.54, 1.807) is 0 Å². The van der Waals surface area contributed by atoms with Gasteiger partial charge in [-0.15, -0.1) is 0 Å². The van der Waals surface area contributed by atoms with Crippen LogP contribution in [-0.2, 0) is 9.53 Å². The van der Waals surface area contributed by atoms with Crippen LogP contribution in [0.2, 0.25) is 0 Å². The second kappa shape index (κ2) is 10.6. The molecule has 1 aliphatic rings. The Morgan fingerprint density at radius 3 is 2.89 bits per heavy atom. The molecule has 1 saturated heterocycles. The van der Waals surface area contributed by atoms with Crippen molar-refractivity contribution in [3.05, 3.63) is 48.5 Å². The molecule has 6 nitrogen and oxygen atoms in total. The lowest BCUT2D eigenvalue weighted by Gasteiger charge is -2.15. The van der Waals surface area contributed by atoms with Gasteiger partial charge in [0.15, 0.2) is 0 Å². The average molecular weight is 384 g/mol. The van der Waals surface area contributed by atoms with Crippen LogP contribution in [0.5, 0.6) is 11.5 Å². The number of carbonyl (C=O) groups is 1. The standard InChI is InChI=1S/C22H28N2O4/c1-2-12-26-18-8-5-7-17(14-18)24-22(25)15-23-20-10-3-4-11-21(20)28-16-19-9-6-13-27-19/h3-5,7-8,10-11,14,19,23H,2,6,9,12-13,15-16H2,1H3,(H,24,25). The molecule has 6 heteroatoms. The number of amides is 1. The summed E-state index contributed by atoms with van der Waals surface area (Å²) in [5, 5.41) is 6.03. The molecule has 1 amide bonds. The minimum atomic E-state index is -0.137. The van der Waals surface area contributed by atoms with Crippen molar-refractivity contribution >= 4 is 17.3 Å². The first-order chi connectivity index (χ1) is 13.7. The molecule has 0 radical (unpaired) electrons. The minimum Gasteiger partial charge on any atom is -0.494 e. The van der Waals surface area contributed by atoms with Crippen LogP contribution in [0.4, 0.5) is 11.4 Å². The molecule has 28 heavy (non-hydrogen) atoms. The Labute approximate surface area is 166 Å². The second-order valence-electron chi connectivity index (χ2n) is 6.72. The summed E-state index contributed by atoms with van der Waals surface area (Å²) >= 11 is 0. The number of para-hydroxylation sites is 2. The van der Waals surface area contributed by atoms with Crippen LogP contribution < -0.4 is 20.1 Å². The maximum atomic E-state index is 12.3. The predicted molar refractivity (Wildman–Crippen MR) is 110 cm³/mol. The van der Waals surface area contributed by atoms with Crippen molar-refractivity contribution in [2.45, 2.75) is 32.3 Å². The third kappa shape index (κ3) is 6.16. The third-order valence-corrected chi connectivity index (χ3v) is 4.37. The summed E-state index contributed by atoms with van der Waals surface area (Å²) in [4.78, 5) is 12.3. The van der Waals surface area contributed by atoms with Crippen LogP contribution in [-0.4, -0.2) is 38.4 Å². The number of anilines is 2. The van der Waals surface area contributed by atoms with Gasteiger partial charge in [-0.2, -0.15) is 0 Å². The molecule has 1 fully saturated rings. The van der Waals surface area contributed by atoms with E-state index < -0.39 is 0 Å². The monoisotopic (exact) mass is 384 g/mol. The highest BCUT2D eigenvalue weighted by Gasteiger charge is 2.16. The molecule has 2 aromatic rings. The first kappa shape index (κ1) is 20.0. The van der Waals surface area contributed by atoms with Crippen molar-refractivity contribution in [2.24, 2.45) is 0 Å². The summed E-state index contributed by atoms with van der Waals surface area (Å²) < 4.78 is 17.1. The van der Waals surface area contributed by atoms with E-state index in [4.69, 9.17) is 14.2 Å². The first-order valence-corrected chi connectivity index (χ1v) is 9.84. The normalized spacial score (nSPS) is 15.8. The van der Waals surface area contributed by atoms with Crippen LogP contribution in [0.3, 0.4) is 0 Å². The zero-order valence-corrected chi connectivity index (χ0v) is 16.3. The molecular weight excluding hydrogens is 356 g/mol. The van der Waals surface area contributed by atoms with E-state index in [9.17, 15) is 4.79 Å². The highest BCUT2D eigenvalue weighted by Crippen LogP contribution is 2.25. The molecule has 2 aromatic carbocycles. The summed E-state index contributed by atoms with van der Waals surface area (Å²) in [6.45, 7) is 4.18. The van der Waals surface area contributed by atoms with Gasteiger partial charge in [0.25, 0.3) is 0 Å². The Kier molecular flexibility index (Phi) is 7.55. The molecular formula is C22H28N2O4. The zero-order valence-electron chi connectivity index (χ0n) is 16.3. The number of benzene rings is 2. The van der Waals surface area contributed by atoms with Gasteiger partial charge in [-0.3, -0.25) is 4.79 Å². The molecule has 0 saturated carbocycles. The molecule has 3 rings (SSSR count). The van der Waals surface area contributed by atoms with E-state index in [-0.39, 0.29) is 18.6 Å². The van der Waals surface area contributed by atoms with Gasteiger partial charge in [0.1, 0.15) is 18.1 Å². The van der Waals surface area contributed by atoms with E-state index in [1.165, 1.54) is 0 Å². The molecule has 150 valence electrons. The Bertz CT molecular complexity index is 760. The van der Waals surface area contributed by atoms with Crippen LogP contribution in [0, 0.1) is 0 Å². The lowest BCUT2D eigenvalue weighted by molar-refractivity contribution is -0.114. The van der Waals surface area contributed by atoms with E-state index in [2.05, 4.69) is 17.6 Å². The predicted octanol–water partition coefficient (Wildman–Crippen LogP) is 4.08. The van der Waals surface area contributed by atoms with Gasteiger partial charge in [-0.1, -0.05) is 25.1 Å². The molecule has 0 aromatic heterocycles. The quantitative estimate of drug-likeness (QED) is 0.646. The maximum absolute atomic E-state index is 12.3. The summed E-state index contributed by atoms with van der Waals surface area (Å²) in [7, 11) is 0. The second-order valence-corrected chi connectivity index (χ2v) is 6.72. The van der Waals surface area contributed by atoms with Gasteiger partial charge in [0, 0.05) is 18.4 Å². The summed E-state index contributed by atoms with van der Waals surface area (Å²) in [5.41, 5.74) is 1.50. The van der Waals surface area contributed by atoms with Gasteiger partial charge in [0.05, 0.1) is 24.9 Å². The molecule has 2 N–H and O–H groups in total. The first-order valence-electron chi connectivity index (χ1n) is 9.84. The smallest absolute Gasteiger partial charge is 0.243 e. The molecule has 1 unspecified atom stereocenters. The number of rotatable bonds is 10. The lowest BCUT2D eigenvalue weighted by Crippen LogP contribution is -2.22. The Morgan fingerprint density at radius 1 is 1.18 bits per heavy atom. The Hall–Kier alpha value is -2.73. The molecule has 1 atom stereocenters. The van der Waals surface area contributed by atoms with Crippen molar-refractivity contribution in [3.63, 3.8) is 0 Å². The van der Waals surface area contributed by atoms with E-state index in [0.717, 1.165) is 43.1 Å².